The van der Waals surface area contributed by atoms with E-state index >= 15 is 0 Å². The van der Waals surface area contributed by atoms with Gasteiger partial charge in [0.25, 0.3) is 5.89 Å². The van der Waals surface area contributed by atoms with Gasteiger partial charge in [0.15, 0.2) is 0 Å². The molecule has 5 nitrogen and oxygen atoms in total. The third-order valence-electron chi connectivity index (χ3n) is 3.32. The highest BCUT2D eigenvalue weighted by Gasteiger charge is 2.40. The molecule has 1 aliphatic heterocycles. The number of amides is 1. The van der Waals surface area contributed by atoms with Gasteiger partial charge in [-0.3, -0.25) is 4.79 Å². The maximum absolute atomic E-state index is 11.7. The van der Waals surface area contributed by atoms with E-state index in [0.717, 1.165) is 19.4 Å². The molecule has 0 aromatic carbocycles. The first-order valence-corrected chi connectivity index (χ1v) is 5.76. The number of carbonyl (C=O) groups excluding carboxylic acids is 1. The molecule has 2 bridgehead atoms. The molecule has 1 aromatic heterocycles. The Morgan fingerprint density at radius 2 is 2.50 bits per heavy atom. The van der Waals surface area contributed by atoms with Crippen molar-refractivity contribution in [2.24, 2.45) is 5.92 Å². The van der Waals surface area contributed by atoms with Gasteiger partial charge in [-0.25, -0.2) is 4.98 Å². The monoisotopic (exact) mass is 241 g/mol. The molecular weight excluding hydrogens is 230 g/mol. The molecule has 16 heavy (non-hydrogen) atoms. The van der Waals surface area contributed by atoms with Gasteiger partial charge in [-0.05, 0) is 36.9 Å². The molecule has 2 N–H and O–H groups in total. The second-order valence-corrected chi connectivity index (χ2v) is 4.77. The zero-order chi connectivity index (χ0) is 11.1. The smallest absolute Gasteiger partial charge is 0.307 e. The van der Waals surface area contributed by atoms with E-state index in [9.17, 15) is 4.79 Å². The van der Waals surface area contributed by atoms with Crippen LogP contribution in [0.3, 0.4) is 0 Å². The minimum atomic E-state index is -0.286. The van der Waals surface area contributed by atoms with Gasteiger partial charge in [0.1, 0.15) is 0 Å². The number of nitrogens with zero attached hydrogens (tertiary/aromatic N) is 1. The SMILES string of the molecule is O=C(NC1CC2CNC1C2)c1ncc(Cl)o1. The number of aromatic nitrogens is 1. The van der Waals surface area contributed by atoms with Crippen LogP contribution < -0.4 is 10.6 Å². The fourth-order valence-electron chi connectivity index (χ4n) is 2.60. The number of carbonyl (C=O) groups is 1. The Morgan fingerprint density at radius 1 is 1.62 bits per heavy atom. The minimum absolute atomic E-state index is 0.0350. The highest BCUT2D eigenvalue weighted by Crippen LogP contribution is 2.31. The second-order valence-electron chi connectivity index (χ2n) is 4.40. The number of fused-ring (bicyclic) bond motifs is 2. The number of nitrogens with one attached hydrogen (secondary N) is 2. The first-order valence-electron chi connectivity index (χ1n) is 5.38. The third kappa shape index (κ3) is 1.70. The summed E-state index contributed by atoms with van der Waals surface area (Å²) in [4.78, 5) is 15.5. The summed E-state index contributed by atoms with van der Waals surface area (Å²) in [5, 5.41) is 6.44. The van der Waals surface area contributed by atoms with Crippen LogP contribution in [0.1, 0.15) is 23.5 Å². The van der Waals surface area contributed by atoms with Crippen molar-refractivity contribution >= 4 is 17.5 Å². The molecule has 3 unspecified atom stereocenters. The molecule has 0 spiro atoms. The Labute approximate surface area is 97.6 Å². The van der Waals surface area contributed by atoms with Crippen molar-refractivity contribution < 1.29 is 9.21 Å². The quantitative estimate of drug-likeness (QED) is 0.804. The lowest BCUT2D eigenvalue weighted by atomic mass is 10.1. The molecule has 1 saturated heterocycles. The van der Waals surface area contributed by atoms with E-state index in [0.29, 0.717) is 12.0 Å². The van der Waals surface area contributed by atoms with Crippen molar-refractivity contribution in [1.82, 2.24) is 15.6 Å². The molecule has 2 aliphatic rings. The van der Waals surface area contributed by atoms with Crippen LogP contribution in [0.4, 0.5) is 0 Å². The van der Waals surface area contributed by atoms with Crippen LogP contribution in [0.2, 0.25) is 5.22 Å². The summed E-state index contributed by atoms with van der Waals surface area (Å²) in [7, 11) is 0. The van der Waals surface area contributed by atoms with Crippen molar-refractivity contribution in [3.8, 4) is 0 Å². The zero-order valence-corrected chi connectivity index (χ0v) is 9.33. The fourth-order valence-corrected chi connectivity index (χ4v) is 2.72. The number of piperidine rings is 1. The fraction of sp³-hybridized carbons (Fsp3) is 0.600. The normalized spacial score (nSPS) is 31.9. The van der Waals surface area contributed by atoms with Gasteiger partial charge in [-0.2, -0.15) is 0 Å². The first-order chi connectivity index (χ1) is 7.72. The van der Waals surface area contributed by atoms with Crippen molar-refractivity contribution in [2.45, 2.75) is 24.9 Å². The summed E-state index contributed by atoms with van der Waals surface area (Å²) < 4.78 is 4.96. The molecule has 3 atom stereocenters. The minimum Gasteiger partial charge on any atom is -0.420 e. The lowest BCUT2D eigenvalue weighted by Gasteiger charge is -2.23. The van der Waals surface area contributed by atoms with Crippen molar-refractivity contribution in [2.75, 3.05) is 6.54 Å². The van der Waals surface area contributed by atoms with Crippen LogP contribution in [-0.4, -0.2) is 29.5 Å². The molecular formula is C10H12ClN3O2. The van der Waals surface area contributed by atoms with E-state index in [1.54, 1.807) is 0 Å². The average molecular weight is 242 g/mol. The van der Waals surface area contributed by atoms with Crippen LogP contribution in [0.15, 0.2) is 10.6 Å². The van der Waals surface area contributed by atoms with E-state index in [1.165, 1.54) is 6.20 Å². The van der Waals surface area contributed by atoms with Gasteiger partial charge >= 0.3 is 5.91 Å². The van der Waals surface area contributed by atoms with Crippen LogP contribution in [0.5, 0.6) is 0 Å². The molecule has 6 heteroatoms. The standard InChI is InChI=1S/C10H12ClN3O2/c11-8-4-13-10(16-8)9(15)14-7-2-5-1-6(7)12-3-5/h4-7,12H,1-3H2,(H,14,15). The maximum Gasteiger partial charge on any atom is 0.307 e. The van der Waals surface area contributed by atoms with E-state index in [4.69, 9.17) is 16.0 Å². The molecule has 2 heterocycles. The van der Waals surface area contributed by atoms with Gasteiger partial charge in [-0.15, -0.1) is 0 Å². The molecule has 3 rings (SSSR count). The van der Waals surface area contributed by atoms with Crippen LogP contribution in [0.25, 0.3) is 0 Å². The maximum atomic E-state index is 11.7. The van der Waals surface area contributed by atoms with Gasteiger partial charge in [-0.1, -0.05) is 0 Å². The predicted octanol–water partition coefficient (Wildman–Crippen LogP) is 0.808. The molecule has 1 amide bonds. The molecule has 1 aromatic rings. The van der Waals surface area contributed by atoms with Gasteiger partial charge < -0.3 is 15.1 Å². The number of hydrogen-bond acceptors (Lipinski definition) is 4. The number of oxazole rings is 1. The second kappa shape index (κ2) is 3.75. The van der Waals surface area contributed by atoms with Crippen LogP contribution in [-0.2, 0) is 0 Å². The summed E-state index contributed by atoms with van der Waals surface area (Å²) in [5.41, 5.74) is 0. The summed E-state index contributed by atoms with van der Waals surface area (Å²) in [6.07, 6.45) is 3.52. The third-order valence-corrected chi connectivity index (χ3v) is 3.49. The predicted molar refractivity (Wildman–Crippen MR) is 57.3 cm³/mol. The largest absolute Gasteiger partial charge is 0.420 e. The van der Waals surface area contributed by atoms with E-state index in [2.05, 4.69) is 15.6 Å². The topological polar surface area (TPSA) is 67.2 Å². The number of rotatable bonds is 2. The highest BCUT2D eigenvalue weighted by molar-refractivity contribution is 6.28. The van der Waals surface area contributed by atoms with Crippen LogP contribution in [0, 0.1) is 5.92 Å². The van der Waals surface area contributed by atoms with E-state index in [1.807, 2.05) is 0 Å². The number of halogens is 1. The lowest BCUT2D eigenvalue weighted by Crippen LogP contribution is -2.48. The molecule has 86 valence electrons. The zero-order valence-electron chi connectivity index (χ0n) is 8.57. The molecule has 1 saturated carbocycles. The Hall–Kier alpha value is -1.07. The van der Waals surface area contributed by atoms with Crippen molar-refractivity contribution in [3.05, 3.63) is 17.3 Å². The highest BCUT2D eigenvalue weighted by atomic mass is 35.5. The molecule has 0 radical (unpaired) electrons. The van der Waals surface area contributed by atoms with Gasteiger partial charge in [0.05, 0.1) is 6.20 Å². The summed E-state index contributed by atoms with van der Waals surface area (Å²) in [6, 6.07) is 0.594. The summed E-state index contributed by atoms with van der Waals surface area (Å²) >= 11 is 5.56. The lowest BCUT2D eigenvalue weighted by molar-refractivity contribution is 0.0893. The van der Waals surface area contributed by atoms with Gasteiger partial charge in [0.2, 0.25) is 5.22 Å². The molecule has 1 aliphatic carbocycles. The average Bonchev–Trinajstić information content (AvgIpc) is 2.92. The Bertz CT molecular complexity index is 420. The number of hydrogen-bond donors (Lipinski definition) is 2. The van der Waals surface area contributed by atoms with Crippen molar-refractivity contribution in [1.29, 1.82) is 0 Å². The van der Waals surface area contributed by atoms with E-state index < -0.39 is 0 Å². The summed E-state index contributed by atoms with van der Waals surface area (Å²) in [5.74, 6) is 0.447. The van der Waals surface area contributed by atoms with Crippen molar-refractivity contribution in [3.63, 3.8) is 0 Å². The Kier molecular flexibility index (Phi) is 2.37. The first kappa shape index (κ1) is 10.1. The van der Waals surface area contributed by atoms with Gasteiger partial charge in [0, 0.05) is 12.1 Å². The summed E-state index contributed by atoms with van der Waals surface area (Å²) in [6.45, 7) is 1.07. The molecule has 2 fully saturated rings. The Morgan fingerprint density at radius 3 is 3.06 bits per heavy atom. The van der Waals surface area contributed by atoms with E-state index in [-0.39, 0.29) is 23.1 Å². The Balaban J connectivity index is 1.65. The van der Waals surface area contributed by atoms with Crippen LogP contribution >= 0.6 is 11.6 Å².